The molecule has 126 valence electrons. The summed E-state index contributed by atoms with van der Waals surface area (Å²) in [5.74, 6) is -0.443. The fraction of sp³-hybridized carbons (Fsp3) is 0.294. The Morgan fingerprint density at radius 3 is 2.83 bits per heavy atom. The van der Waals surface area contributed by atoms with E-state index in [9.17, 15) is 14.3 Å². The van der Waals surface area contributed by atoms with Crippen molar-refractivity contribution in [3.8, 4) is 0 Å². The first-order valence-electron chi connectivity index (χ1n) is 7.52. The zero-order valence-corrected chi connectivity index (χ0v) is 14.6. The molecule has 2 N–H and O–H groups in total. The normalized spacial score (nSPS) is 17.1. The van der Waals surface area contributed by atoms with Gasteiger partial charge in [-0.15, -0.1) is 0 Å². The standard InChI is InChI=1S/C17H17BrFN3O2/c1-11(12-5-15(19)8-20-7-12)21-16(23)22-9-17(24,10-22)13-3-2-4-14(18)6-13/h2-8,11,24H,9-10H2,1H3,(H,21,23). The van der Waals surface area contributed by atoms with Crippen molar-refractivity contribution in [2.24, 2.45) is 0 Å². The second kappa shape index (κ2) is 6.49. The lowest BCUT2D eigenvalue weighted by atomic mass is 9.86. The van der Waals surface area contributed by atoms with Crippen LogP contribution in [0, 0.1) is 5.82 Å². The minimum absolute atomic E-state index is 0.212. The molecule has 24 heavy (non-hydrogen) atoms. The molecule has 0 spiro atoms. The maximum atomic E-state index is 13.2. The van der Waals surface area contributed by atoms with Gasteiger partial charge >= 0.3 is 6.03 Å². The number of hydrogen-bond donors (Lipinski definition) is 2. The summed E-state index contributed by atoms with van der Waals surface area (Å²) in [6.07, 6.45) is 2.63. The number of nitrogens with one attached hydrogen (secondary N) is 1. The molecule has 0 saturated carbocycles. The largest absolute Gasteiger partial charge is 0.381 e. The quantitative estimate of drug-likeness (QED) is 0.842. The molecule has 5 nitrogen and oxygen atoms in total. The van der Waals surface area contributed by atoms with Crippen LogP contribution in [0.2, 0.25) is 0 Å². The number of pyridine rings is 1. The summed E-state index contributed by atoms with van der Waals surface area (Å²) < 4.78 is 14.1. The van der Waals surface area contributed by atoms with Crippen molar-refractivity contribution >= 4 is 22.0 Å². The van der Waals surface area contributed by atoms with Crippen molar-refractivity contribution in [3.05, 3.63) is 64.1 Å². The highest BCUT2D eigenvalue weighted by atomic mass is 79.9. The van der Waals surface area contributed by atoms with Gasteiger partial charge in [-0.05, 0) is 36.2 Å². The maximum Gasteiger partial charge on any atom is 0.318 e. The van der Waals surface area contributed by atoms with E-state index in [0.717, 1.165) is 16.2 Å². The van der Waals surface area contributed by atoms with E-state index >= 15 is 0 Å². The third kappa shape index (κ3) is 3.42. The van der Waals surface area contributed by atoms with Gasteiger partial charge in [-0.1, -0.05) is 28.1 Å². The Morgan fingerprint density at radius 2 is 2.17 bits per heavy atom. The van der Waals surface area contributed by atoms with Crippen molar-refractivity contribution in [2.75, 3.05) is 13.1 Å². The predicted octanol–water partition coefficient (Wildman–Crippen LogP) is 2.96. The van der Waals surface area contributed by atoms with Crippen LogP contribution in [0.1, 0.15) is 24.1 Å². The summed E-state index contributed by atoms with van der Waals surface area (Å²) in [5, 5.41) is 13.4. The summed E-state index contributed by atoms with van der Waals surface area (Å²) in [6, 6.07) is 8.07. The Morgan fingerprint density at radius 1 is 1.42 bits per heavy atom. The van der Waals surface area contributed by atoms with Gasteiger partial charge in [-0.2, -0.15) is 0 Å². The fourth-order valence-electron chi connectivity index (χ4n) is 2.71. The number of halogens is 2. The van der Waals surface area contributed by atoms with Crippen LogP contribution < -0.4 is 5.32 Å². The minimum Gasteiger partial charge on any atom is -0.381 e. The van der Waals surface area contributed by atoms with Gasteiger partial charge in [0.15, 0.2) is 0 Å². The predicted molar refractivity (Wildman–Crippen MR) is 90.8 cm³/mol. The second-order valence-electron chi connectivity index (χ2n) is 6.01. The molecule has 1 atom stereocenters. The van der Waals surface area contributed by atoms with Crippen LogP contribution in [-0.2, 0) is 5.60 Å². The molecule has 1 fully saturated rings. The molecule has 3 rings (SSSR count). The van der Waals surface area contributed by atoms with Gasteiger partial charge in [0.05, 0.1) is 25.3 Å². The number of amides is 2. The molecule has 1 aromatic heterocycles. The number of aromatic nitrogens is 1. The Labute approximate surface area is 147 Å². The van der Waals surface area contributed by atoms with Crippen molar-refractivity contribution in [2.45, 2.75) is 18.6 Å². The zero-order valence-electron chi connectivity index (χ0n) is 13.0. The number of carbonyl (C=O) groups is 1. The van der Waals surface area contributed by atoms with Crippen LogP contribution in [0.4, 0.5) is 9.18 Å². The number of nitrogens with zero attached hydrogens (tertiary/aromatic N) is 2. The third-order valence-corrected chi connectivity index (χ3v) is 4.61. The Bertz CT molecular complexity index is 765. The molecule has 1 aliphatic rings. The minimum atomic E-state index is -1.04. The molecule has 1 aliphatic heterocycles. The third-order valence-electron chi connectivity index (χ3n) is 4.12. The van der Waals surface area contributed by atoms with E-state index in [0.29, 0.717) is 5.56 Å². The lowest BCUT2D eigenvalue weighted by Gasteiger charge is -2.46. The molecule has 1 saturated heterocycles. The van der Waals surface area contributed by atoms with Crippen LogP contribution in [-0.4, -0.2) is 34.1 Å². The molecule has 0 bridgehead atoms. The van der Waals surface area contributed by atoms with Gasteiger partial charge in [-0.3, -0.25) is 4.98 Å². The monoisotopic (exact) mass is 393 g/mol. The molecule has 0 aliphatic carbocycles. The second-order valence-corrected chi connectivity index (χ2v) is 6.92. The summed E-state index contributed by atoms with van der Waals surface area (Å²) in [7, 11) is 0. The van der Waals surface area contributed by atoms with Crippen LogP contribution in [0.15, 0.2) is 47.2 Å². The molecule has 0 radical (unpaired) electrons. The van der Waals surface area contributed by atoms with E-state index in [4.69, 9.17) is 0 Å². The highest BCUT2D eigenvalue weighted by molar-refractivity contribution is 9.10. The van der Waals surface area contributed by atoms with Crippen LogP contribution in [0.25, 0.3) is 0 Å². The summed E-state index contributed by atoms with van der Waals surface area (Å²) in [6.45, 7) is 2.18. The molecular weight excluding hydrogens is 377 g/mol. The number of likely N-dealkylation sites (tertiary alicyclic amines) is 1. The summed E-state index contributed by atoms with van der Waals surface area (Å²) in [5.41, 5.74) is 0.319. The number of hydrogen-bond acceptors (Lipinski definition) is 3. The van der Waals surface area contributed by atoms with E-state index < -0.39 is 11.4 Å². The first kappa shape index (κ1) is 16.9. The highest BCUT2D eigenvalue weighted by Crippen LogP contribution is 2.33. The van der Waals surface area contributed by atoms with E-state index in [1.54, 1.807) is 6.92 Å². The smallest absolute Gasteiger partial charge is 0.318 e. The van der Waals surface area contributed by atoms with Crippen molar-refractivity contribution in [1.29, 1.82) is 0 Å². The van der Waals surface area contributed by atoms with E-state index in [1.165, 1.54) is 17.2 Å². The molecule has 7 heteroatoms. The average Bonchev–Trinajstić information content (AvgIpc) is 2.51. The Kier molecular flexibility index (Phi) is 4.56. The van der Waals surface area contributed by atoms with Crippen LogP contribution >= 0.6 is 15.9 Å². The number of urea groups is 1. The van der Waals surface area contributed by atoms with Crippen molar-refractivity contribution < 1.29 is 14.3 Å². The fourth-order valence-corrected chi connectivity index (χ4v) is 3.11. The van der Waals surface area contributed by atoms with Gasteiger partial charge in [0, 0.05) is 10.7 Å². The summed E-state index contributed by atoms with van der Waals surface area (Å²) in [4.78, 5) is 17.6. The topological polar surface area (TPSA) is 65.5 Å². The lowest BCUT2D eigenvalue weighted by Crippen LogP contribution is -2.63. The van der Waals surface area contributed by atoms with Gasteiger partial charge in [-0.25, -0.2) is 9.18 Å². The SMILES string of the molecule is CC(NC(=O)N1CC(O)(c2cccc(Br)c2)C1)c1cncc(F)c1. The number of rotatable bonds is 3. The first-order valence-corrected chi connectivity index (χ1v) is 8.31. The number of benzene rings is 1. The number of aliphatic hydroxyl groups is 1. The van der Waals surface area contributed by atoms with Crippen LogP contribution in [0.5, 0.6) is 0 Å². The Balaban J connectivity index is 1.60. The van der Waals surface area contributed by atoms with Crippen LogP contribution in [0.3, 0.4) is 0 Å². The number of carbonyl (C=O) groups excluding carboxylic acids is 1. The summed E-state index contributed by atoms with van der Waals surface area (Å²) >= 11 is 3.38. The van der Waals surface area contributed by atoms with Gasteiger partial charge < -0.3 is 15.3 Å². The maximum absolute atomic E-state index is 13.2. The van der Waals surface area contributed by atoms with Crippen molar-refractivity contribution in [1.82, 2.24) is 15.2 Å². The Hall–Kier alpha value is -1.99. The first-order chi connectivity index (χ1) is 11.4. The van der Waals surface area contributed by atoms with Crippen molar-refractivity contribution in [3.63, 3.8) is 0 Å². The van der Waals surface area contributed by atoms with Gasteiger partial charge in [0.25, 0.3) is 0 Å². The van der Waals surface area contributed by atoms with Gasteiger partial charge in [0.2, 0.25) is 0 Å². The van der Waals surface area contributed by atoms with Gasteiger partial charge in [0.1, 0.15) is 11.4 Å². The molecular formula is C17H17BrFN3O2. The number of β-amino-alcohol motifs (C(OH)–C–C–N with tert-alkyl or cyclic N) is 1. The molecule has 1 aromatic carbocycles. The molecule has 2 aromatic rings. The van der Waals surface area contributed by atoms with E-state index in [1.807, 2.05) is 24.3 Å². The van der Waals surface area contributed by atoms with E-state index in [-0.39, 0.29) is 25.2 Å². The molecule has 2 amide bonds. The lowest BCUT2D eigenvalue weighted by molar-refractivity contribution is -0.0819. The molecule has 2 heterocycles. The highest BCUT2D eigenvalue weighted by Gasteiger charge is 2.45. The zero-order chi connectivity index (χ0) is 17.3. The van der Waals surface area contributed by atoms with E-state index in [2.05, 4.69) is 26.2 Å². The molecule has 1 unspecified atom stereocenters. The average molecular weight is 394 g/mol.